The van der Waals surface area contributed by atoms with E-state index >= 15 is 0 Å². The minimum Gasteiger partial charge on any atom is -0.483 e. The number of hydrogen-bond donors (Lipinski definition) is 1. The third-order valence-corrected chi connectivity index (χ3v) is 6.39. The second-order valence-electron chi connectivity index (χ2n) is 9.85. The molecule has 1 atom stereocenters. The van der Waals surface area contributed by atoms with E-state index in [1.54, 1.807) is 17.9 Å². The summed E-state index contributed by atoms with van der Waals surface area (Å²) in [5.74, 6) is 0.309. The zero-order valence-corrected chi connectivity index (χ0v) is 20.8. The van der Waals surface area contributed by atoms with Crippen molar-refractivity contribution in [2.45, 2.75) is 77.4 Å². The summed E-state index contributed by atoms with van der Waals surface area (Å²) in [5, 5.41) is 3.71. The molecule has 1 unspecified atom stereocenters. The largest absolute Gasteiger partial charge is 0.483 e. The van der Waals surface area contributed by atoms with E-state index in [0.717, 1.165) is 36.8 Å². The van der Waals surface area contributed by atoms with Crippen molar-refractivity contribution in [1.82, 2.24) is 10.2 Å². The molecule has 2 amide bonds. The molecule has 0 saturated heterocycles. The molecular weight excluding hydrogens is 436 g/mol. The third kappa shape index (κ3) is 6.97. The number of benzene rings is 2. The molecule has 1 N–H and O–H groups in total. The summed E-state index contributed by atoms with van der Waals surface area (Å²) >= 11 is 6.16. The lowest BCUT2D eigenvalue weighted by atomic mass is 9.86. The van der Waals surface area contributed by atoms with Crippen LogP contribution in [0.25, 0.3) is 0 Å². The quantitative estimate of drug-likeness (QED) is 0.554. The fourth-order valence-corrected chi connectivity index (χ4v) is 4.45. The van der Waals surface area contributed by atoms with Gasteiger partial charge in [0.15, 0.2) is 6.61 Å². The minimum atomic E-state index is -0.626. The highest BCUT2D eigenvalue weighted by Crippen LogP contribution is 2.31. The predicted octanol–water partition coefficient (Wildman–Crippen LogP) is 5.49. The summed E-state index contributed by atoms with van der Waals surface area (Å²) in [4.78, 5) is 27.9. The number of nitrogens with zero attached hydrogens (tertiary/aromatic N) is 1. The molecule has 1 aliphatic rings. The molecule has 0 spiro atoms. The van der Waals surface area contributed by atoms with Gasteiger partial charge in [-0.2, -0.15) is 0 Å². The maximum Gasteiger partial charge on any atom is 0.261 e. The first-order valence-corrected chi connectivity index (χ1v) is 12.1. The molecule has 0 heterocycles. The van der Waals surface area contributed by atoms with Gasteiger partial charge in [0.2, 0.25) is 5.91 Å². The molecule has 5 nitrogen and oxygen atoms in total. The molecule has 0 aliphatic heterocycles. The van der Waals surface area contributed by atoms with Crippen LogP contribution in [-0.4, -0.2) is 35.4 Å². The molecular formula is C27H35ClN2O3. The highest BCUT2D eigenvalue weighted by molar-refractivity contribution is 6.30. The van der Waals surface area contributed by atoms with Crippen LogP contribution in [0.4, 0.5) is 0 Å². The number of rotatable bonds is 8. The Balaban J connectivity index is 1.76. The van der Waals surface area contributed by atoms with Crippen LogP contribution in [0.2, 0.25) is 5.02 Å². The lowest BCUT2D eigenvalue weighted by Gasteiger charge is -2.30. The highest BCUT2D eigenvalue weighted by atomic mass is 35.5. The lowest BCUT2D eigenvalue weighted by molar-refractivity contribution is -0.142. The summed E-state index contributed by atoms with van der Waals surface area (Å²) < 4.78 is 5.98. The van der Waals surface area contributed by atoms with Crippen LogP contribution >= 0.6 is 11.6 Å². The molecule has 1 saturated carbocycles. The SMILES string of the molecule is CC(C(=O)NC1CCCC1)N(Cc1cccc(Cl)c1)C(=O)COc1ccccc1C(C)(C)C. The average molecular weight is 471 g/mol. The number of amides is 2. The number of carbonyl (C=O) groups is 2. The third-order valence-electron chi connectivity index (χ3n) is 6.16. The first-order valence-electron chi connectivity index (χ1n) is 11.7. The van der Waals surface area contributed by atoms with E-state index in [1.165, 1.54) is 0 Å². The average Bonchev–Trinajstić information content (AvgIpc) is 3.28. The lowest BCUT2D eigenvalue weighted by Crippen LogP contribution is -2.50. The van der Waals surface area contributed by atoms with Gasteiger partial charge in [0.05, 0.1) is 0 Å². The minimum absolute atomic E-state index is 0.116. The van der Waals surface area contributed by atoms with Gasteiger partial charge in [-0.15, -0.1) is 0 Å². The van der Waals surface area contributed by atoms with Gasteiger partial charge >= 0.3 is 0 Å². The first-order chi connectivity index (χ1) is 15.6. The van der Waals surface area contributed by atoms with Crippen LogP contribution in [0.15, 0.2) is 48.5 Å². The fraction of sp³-hybridized carbons (Fsp3) is 0.481. The van der Waals surface area contributed by atoms with Gasteiger partial charge in [-0.1, -0.05) is 75.5 Å². The zero-order valence-electron chi connectivity index (χ0n) is 20.1. The van der Waals surface area contributed by atoms with Crippen molar-refractivity contribution in [3.05, 3.63) is 64.7 Å². The zero-order chi connectivity index (χ0) is 24.0. The van der Waals surface area contributed by atoms with Gasteiger partial charge in [0.25, 0.3) is 5.91 Å². The molecule has 3 rings (SSSR count). The van der Waals surface area contributed by atoms with Gasteiger partial charge in [0, 0.05) is 17.6 Å². The molecule has 0 aromatic heterocycles. The number of hydrogen-bond acceptors (Lipinski definition) is 3. The fourth-order valence-electron chi connectivity index (χ4n) is 4.24. The van der Waals surface area contributed by atoms with Crippen molar-refractivity contribution in [3.8, 4) is 5.75 Å². The van der Waals surface area contributed by atoms with Gasteiger partial charge in [-0.25, -0.2) is 0 Å². The van der Waals surface area contributed by atoms with Crippen molar-refractivity contribution in [3.63, 3.8) is 0 Å². The van der Waals surface area contributed by atoms with Crippen LogP contribution < -0.4 is 10.1 Å². The highest BCUT2D eigenvalue weighted by Gasteiger charge is 2.29. The maximum atomic E-state index is 13.3. The molecule has 0 radical (unpaired) electrons. The number of para-hydroxylation sites is 1. The van der Waals surface area contributed by atoms with Crippen molar-refractivity contribution >= 4 is 23.4 Å². The Hall–Kier alpha value is -2.53. The van der Waals surface area contributed by atoms with Crippen molar-refractivity contribution in [2.75, 3.05) is 6.61 Å². The number of ether oxygens (including phenoxy) is 1. The van der Waals surface area contributed by atoms with E-state index in [9.17, 15) is 9.59 Å². The van der Waals surface area contributed by atoms with Gasteiger partial charge in [-0.3, -0.25) is 9.59 Å². The number of nitrogens with one attached hydrogen (secondary N) is 1. The van der Waals surface area contributed by atoms with Crippen LogP contribution in [0.3, 0.4) is 0 Å². The second-order valence-corrected chi connectivity index (χ2v) is 10.3. The van der Waals surface area contributed by atoms with E-state index in [4.69, 9.17) is 16.3 Å². The Morgan fingerprint density at radius 3 is 2.48 bits per heavy atom. The molecule has 33 heavy (non-hydrogen) atoms. The van der Waals surface area contributed by atoms with Crippen LogP contribution in [0.1, 0.15) is 64.5 Å². The van der Waals surface area contributed by atoms with E-state index < -0.39 is 6.04 Å². The summed E-state index contributed by atoms with van der Waals surface area (Å²) in [6.45, 7) is 8.24. The number of halogens is 1. The smallest absolute Gasteiger partial charge is 0.261 e. The van der Waals surface area contributed by atoms with Gasteiger partial charge < -0.3 is 15.0 Å². The molecule has 6 heteroatoms. The Kier molecular flexibility index (Phi) is 8.41. The normalized spacial score (nSPS) is 15.2. The second kappa shape index (κ2) is 11.1. The molecule has 2 aromatic carbocycles. The van der Waals surface area contributed by atoms with Gasteiger partial charge in [0.1, 0.15) is 11.8 Å². The van der Waals surface area contributed by atoms with Gasteiger partial charge in [-0.05, 0) is 54.5 Å². The summed E-state index contributed by atoms with van der Waals surface area (Å²) in [6.07, 6.45) is 4.25. The molecule has 178 valence electrons. The summed E-state index contributed by atoms with van der Waals surface area (Å²) in [5.41, 5.74) is 1.78. The van der Waals surface area contributed by atoms with Crippen LogP contribution in [0.5, 0.6) is 5.75 Å². The van der Waals surface area contributed by atoms with Crippen LogP contribution in [0, 0.1) is 0 Å². The predicted molar refractivity (Wildman–Crippen MR) is 132 cm³/mol. The molecule has 0 bridgehead atoms. The van der Waals surface area contributed by atoms with Crippen molar-refractivity contribution < 1.29 is 14.3 Å². The molecule has 1 fully saturated rings. The van der Waals surface area contributed by atoms with E-state index in [-0.39, 0.29) is 36.4 Å². The van der Waals surface area contributed by atoms with Crippen molar-refractivity contribution in [2.24, 2.45) is 0 Å². The Labute approximate surface area is 202 Å². The Bertz CT molecular complexity index is 964. The summed E-state index contributed by atoms with van der Waals surface area (Å²) in [7, 11) is 0. The Morgan fingerprint density at radius 1 is 1.12 bits per heavy atom. The first kappa shape index (κ1) is 25.1. The van der Waals surface area contributed by atoms with E-state index in [1.807, 2.05) is 42.5 Å². The topological polar surface area (TPSA) is 58.6 Å². The van der Waals surface area contributed by atoms with E-state index in [0.29, 0.717) is 10.8 Å². The maximum absolute atomic E-state index is 13.3. The number of carbonyl (C=O) groups excluding carboxylic acids is 2. The Morgan fingerprint density at radius 2 is 1.82 bits per heavy atom. The van der Waals surface area contributed by atoms with Crippen molar-refractivity contribution in [1.29, 1.82) is 0 Å². The van der Waals surface area contributed by atoms with E-state index in [2.05, 4.69) is 26.1 Å². The summed E-state index contributed by atoms with van der Waals surface area (Å²) in [6, 6.07) is 14.7. The molecule has 2 aromatic rings. The monoisotopic (exact) mass is 470 g/mol. The standard InChI is InChI=1S/C27H35ClN2O3/c1-19(26(32)29-22-12-5-6-13-22)30(17-20-10-9-11-21(28)16-20)25(31)18-33-24-15-8-7-14-23(24)27(2,3)4/h7-11,14-16,19,22H,5-6,12-13,17-18H2,1-4H3,(H,29,32). The molecule has 1 aliphatic carbocycles. The van der Waals surface area contributed by atoms with Crippen LogP contribution in [-0.2, 0) is 21.5 Å².